The maximum atomic E-state index is 13.7. The van der Waals surface area contributed by atoms with Gasteiger partial charge in [-0.1, -0.05) is 24.3 Å². The van der Waals surface area contributed by atoms with Gasteiger partial charge in [-0.3, -0.25) is 9.48 Å². The van der Waals surface area contributed by atoms with Crippen molar-refractivity contribution in [2.45, 2.75) is 38.7 Å². The summed E-state index contributed by atoms with van der Waals surface area (Å²) in [6.07, 6.45) is -10.1. The highest BCUT2D eigenvalue weighted by molar-refractivity contribution is 6.18. The minimum absolute atomic E-state index is 0.0519. The van der Waals surface area contributed by atoms with Crippen molar-refractivity contribution in [1.82, 2.24) is 9.78 Å². The molecule has 144 valence electrons. The third-order valence-electron chi connectivity index (χ3n) is 4.09. The van der Waals surface area contributed by atoms with E-state index in [1.807, 2.05) is 0 Å². The molecule has 0 N–H and O–H groups in total. The number of carbonyl (C=O) groups excluding carboxylic acids is 1. The second kappa shape index (κ2) is 5.71. The zero-order valence-corrected chi connectivity index (χ0v) is 14.5. The third kappa shape index (κ3) is 3.15. The molecule has 2 aromatic carbocycles. The topological polar surface area (TPSA) is 34.9 Å². The highest BCUT2D eigenvalue weighted by Crippen LogP contribution is 2.41. The molecule has 0 atom stereocenters. The van der Waals surface area contributed by atoms with E-state index in [1.165, 1.54) is 45.0 Å². The molecule has 0 saturated heterocycles. The number of ketones is 1. The van der Waals surface area contributed by atoms with Gasteiger partial charge >= 0.3 is 12.4 Å². The first-order chi connectivity index (χ1) is 12.2. The van der Waals surface area contributed by atoms with Gasteiger partial charge in [0.1, 0.15) is 5.52 Å². The van der Waals surface area contributed by atoms with E-state index in [-0.39, 0.29) is 16.3 Å². The van der Waals surface area contributed by atoms with Crippen molar-refractivity contribution in [1.29, 1.82) is 0 Å². The summed E-state index contributed by atoms with van der Waals surface area (Å²) in [7, 11) is 0. The molecule has 0 aliphatic rings. The lowest BCUT2D eigenvalue weighted by molar-refractivity contribution is -0.144. The first-order valence-electron chi connectivity index (χ1n) is 7.86. The Balaban J connectivity index is 2.55. The number of alkyl halides is 6. The first-order valence-corrected chi connectivity index (χ1v) is 7.86. The summed E-state index contributed by atoms with van der Waals surface area (Å²) >= 11 is 0. The van der Waals surface area contributed by atoms with Crippen LogP contribution in [-0.4, -0.2) is 21.7 Å². The molecule has 3 nitrogen and oxygen atoms in total. The van der Waals surface area contributed by atoms with Gasteiger partial charge in [-0.2, -0.15) is 31.4 Å². The first kappa shape index (κ1) is 19.2. The van der Waals surface area contributed by atoms with Crippen LogP contribution in [0.25, 0.3) is 21.7 Å². The fourth-order valence-corrected chi connectivity index (χ4v) is 3.01. The number of hydrogen-bond donors (Lipinski definition) is 0. The predicted molar refractivity (Wildman–Crippen MR) is 87.6 cm³/mol. The van der Waals surface area contributed by atoms with Crippen molar-refractivity contribution in [2.24, 2.45) is 0 Å². The number of nitrogens with zero attached hydrogens (tertiary/aromatic N) is 2. The summed E-state index contributed by atoms with van der Waals surface area (Å²) in [6.45, 7) is 4.49. The van der Waals surface area contributed by atoms with Crippen LogP contribution >= 0.6 is 0 Å². The number of carbonyl (C=O) groups is 1. The normalized spacial score (nSPS) is 13.5. The van der Waals surface area contributed by atoms with Gasteiger partial charge in [-0.25, -0.2) is 0 Å². The molecule has 0 aliphatic carbocycles. The lowest BCUT2D eigenvalue weighted by Gasteiger charge is -2.23. The van der Waals surface area contributed by atoms with Crippen LogP contribution in [0.15, 0.2) is 30.3 Å². The molecule has 3 aromatic rings. The molecule has 0 fully saturated rings. The molecular formula is C18H14F6N2O. The van der Waals surface area contributed by atoms with E-state index in [0.29, 0.717) is 6.07 Å². The van der Waals surface area contributed by atoms with Crippen LogP contribution in [0.4, 0.5) is 26.3 Å². The zero-order valence-electron chi connectivity index (χ0n) is 14.5. The molecule has 0 aliphatic heterocycles. The Morgan fingerprint density at radius 3 is 1.96 bits per heavy atom. The number of fused-ring (bicyclic) bond motifs is 3. The standard InChI is InChI=1S/C18H14F6N2O/c1-16(2,3)26-14(17(19,20)21)12-8-11(15(27)18(22,23)24)9-6-4-5-7-10(9)13(12)25-26/h4-8H,1-3H3. The summed E-state index contributed by atoms with van der Waals surface area (Å²) in [5.41, 5.74) is -3.21. The summed E-state index contributed by atoms with van der Waals surface area (Å²) in [4.78, 5) is 11.9. The molecule has 3 rings (SSSR count). The second-order valence-electron chi connectivity index (χ2n) is 7.12. The Kier molecular flexibility index (Phi) is 4.06. The zero-order chi connectivity index (χ0) is 20.4. The fourth-order valence-electron chi connectivity index (χ4n) is 3.01. The quantitative estimate of drug-likeness (QED) is 0.395. The fraction of sp³-hybridized carbons (Fsp3) is 0.333. The molecule has 1 aromatic heterocycles. The lowest BCUT2D eigenvalue weighted by Crippen LogP contribution is -2.28. The average molecular weight is 388 g/mol. The molecule has 0 radical (unpaired) electrons. The van der Waals surface area contributed by atoms with Gasteiger partial charge in [0.25, 0.3) is 5.78 Å². The summed E-state index contributed by atoms with van der Waals surface area (Å²) in [5, 5.41) is 3.46. The number of aromatic nitrogens is 2. The van der Waals surface area contributed by atoms with Crippen LogP contribution in [0.3, 0.4) is 0 Å². The van der Waals surface area contributed by atoms with Crippen molar-refractivity contribution in [3.05, 3.63) is 41.6 Å². The minimum atomic E-state index is -5.21. The van der Waals surface area contributed by atoms with Crippen molar-refractivity contribution in [2.75, 3.05) is 0 Å². The number of Topliss-reactive ketones (excluding diaryl/α,β-unsaturated/α-hetero) is 1. The van der Waals surface area contributed by atoms with Crippen LogP contribution in [0, 0.1) is 0 Å². The largest absolute Gasteiger partial charge is 0.454 e. The average Bonchev–Trinajstić information content (AvgIpc) is 2.92. The maximum Gasteiger partial charge on any atom is 0.454 e. The van der Waals surface area contributed by atoms with Crippen LogP contribution in [0.5, 0.6) is 0 Å². The molecule has 0 saturated carbocycles. The number of rotatable bonds is 1. The highest BCUT2D eigenvalue weighted by Gasteiger charge is 2.43. The van der Waals surface area contributed by atoms with Crippen molar-refractivity contribution < 1.29 is 31.1 Å². The number of benzene rings is 2. The molecule has 0 unspecified atom stereocenters. The van der Waals surface area contributed by atoms with Crippen molar-refractivity contribution in [3.63, 3.8) is 0 Å². The SMILES string of the molecule is CC(C)(C)n1nc2c(cc(C(=O)C(F)(F)F)c3ccccc32)c1C(F)(F)F. The Morgan fingerprint density at radius 2 is 1.48 bits per heavy atom. The molecule has 27 heavy (non-hydrogen) atoms. The second-order valence-corrected chi connectivity index (χ2v) is 7.12. The molecule has 9 heteroatoms. The summed E-state index contributed by atoms with van der Waals surface area (Å²) in [6, 6.07) is 6.13. The number of halogens is 6. The van der Waals surface area contributed by atoms with Gasteiger partial charge in [-0.05, 0) is 32.2 Å². The molecular weight excluding hydrogens is 374 g/mol. The van der Waals surface area contributed by atoms with Crippen molar-refractivity contribution >= 4 is 27.5 Å². The Labute approximate surface area is 149 Å². The van der Waals surface area contributed by atoms with Gasteiger partial charge in [0.2, 0.25) is 0 Å². The summed E-state index contributed by atoms with van der Waals surface area (Å²) in [5.74, 6) is -2.20. The molecule has 1 heterocycles. The van der Waals surface area contributed by atoms with Gasteiger partial charge in [-0.15, -0.1) is 0 Å². The van der Waals surface area contributed by atoms with Crippen LogP contribution < -0.4 is 0 Å². The van der Waals surface area contributed by atoms with E-state index in [9.17, 15) is 31.1 Å². The van der Waals surface area contributed by atoms with Gasteiger partial charge in [0, 0.05) is 16.3 Å². The van der Waals surface area contributed by atoms with E-state index in [4.69, 9.17) is 0 Å². The van der Waals surface area contributed by atoms with Crippen molar-refractivity contribution in [3.8, 4) is 0 Å². The van der Waals surface area contributed by atoms with E-state index >= 15 is 0 Å². The predicted octanol–water partition coefficient (Wildman–Crippen LogP) is 5.71. The Morgan fingerprint density at radius 1 is 0.926 bits per heavy atom. The Hall–Kier alpha value is -2.58. The maximum absolute atomic E-state index is 13.7. The Bertz CT molecular complexity index is 1050. The lowest BCUT2D eigenvalue weighted by atomic mass is 9.97. The number of hydrogen-bond acceptors (Lipinski definition) is 2. The van der Waals surface area contributed by atoms with E-state index in [2.05, 4.69) is 5.10 Å². The molecule has 0 amide bonds. The van der Waals surface area contributed by atoms with Crippen LogP contribution in [-0.2, 0) is 11.7 Å². The highest BCUT2D eigenvalue weighted by atomic mass is 19.4. The van der Waals surface area contributed by atoms with Gasteiger partial charge in [0.05, 0.1) is 5.54 Å². The molecule has 0 spiro atoms. The minimum Gasteiger partial charge on any atom is -0.284 e. The van der Waals surface area contributed by atoms with E-state index < -0.39 is 40.3 Å². The third-order valence-corrected chi connectivity index (χ3v) is 4.09. The monoisotopic (exact) mass is 388 g/mol. The van der Waals surface area contributed by atoms with E-state index in [0.717, 1.165) is 4.68 Å². The van der Waals surface area contributed by atoms with E-state index in [1.54, 1.807) is 0 Å². The van der Waals surface area contributed by atoms with Gasteiger partial charge < -0.3 is 0 Å². The van der Waals surface area contributed by atoms with Gasteiger partial charge in [0.15, 0.2) is 5.69 Å². The smallest absolute Gasteiger partial charge is 0.284 e. The van der Waals surface area contributed by atoms with Crippen LogP contribution in [0.2, 0.25) is 0 Å². The molecule has 0 bridgehead atoms. The summed E-state index contributed by atoms with van der Waals surface area (Å²) < 4.78 is 81.0. The van der Waals surface area contributed by atoms with Crippen LogP contribution in [0.1, 0.15) is 36.8 Å².